The second kappa shape index (κ2) is 24.0. The maximum Gasteiger partial charge on any atom is 0.258 e. The number of aromatic nitrogens is 3. The number of benzene rings is 2. The summed E-state index contributed by atoms with van der Waals surface area (Å²) in [7, 11) is 0. The van der Waals surface area contributed by atoms with Crippen LogP contribution in [0.25, 0.3) is 10.4 Å². The van der Waals surface area contributed by atoms with Crippen LogP contribution in [-0.4, -0.2) is 130 Å². The molecule has 2 aromatic carbocycles. The minimum absolute atomic E-state index is 0.0304. The number of aliphatic hydroxyl groups is 1. The van der Waals surface area contributed by atoms with Gasteiger partial charge in [-0.15, -0.1) is 11.3 Å². The molecule has 20 heteroatoms. The first-order chi connectivity index (χ1) is 35.3. The number of aryl methyl sites for hydroxylation is 1. The van der Waals surface area contributed by atoms with E-state index in [2.05, 4.69) is 47.6 Å². The SMILES string of the molecule is Cc1ncsc1-c1ccc(CNC(=O)C2CC(O)CN2C(=O)[C@@H](NC(=O)C2(F)CC2)C(C)(C)C)c(OCCCN2CCC(CCC(=O)Nc3cccc(Sc4cnc(N5CCC(C)(CN)CC5)cn4)c3Cl)CC2)c1. The van der Waals surface area contributed by atoms with Gasteiger partial charge in [0.2, 0.25) is 17.7 Å². The molecule has 0 radical (unpaired) electrons. The van der Waals surface area contributed by atoms with Gasteiger partial charge in [0.15, 0.2) is 5.67 Å². The van der Waals surface area contributed by atoms with Crippen molar-refractivity contribution in [1.82, 2.24) is 35.4 Å². The maximum absolute atomic E-state index is 14.7. The lowest BCUT2D eigenvalue weighted by Crippen LogP contribution is -2.59. The number of alkyl halides is 1. The number of β-amino-alcohol motifs (C(OH)–C–C–N with tert-alkyl or cyclic N) is 1. The van der Waals surface area contributed by atoms with Gasteiger partial charge in [0.25, 0.3) is 5.91 Å². The number of thiazole rings is 1. The molecule has 4 aromatic rings. The number of halogens is 2. The minimum atomic E-state index is -1.97. The van der Waals surface area contributed by atoms with Crippen LogP contribution < -0.4 is 31.3 Å². The molecule has 4 aliphatic rings. The molecule has 0 bridgehead atoms. The number of hydrogen-bond donors (Lipinski definition) is 5. The Balaban J connectivity index is 0.784. The van der Waals surface area contributed by atoms with Crippen molar-refractivity contribution < 1.29 is 33.4 Å². The van der Waals surface area contributed by atoms with Gasteiger partial charge in [-0.2, -0.15) is 0 Å². The summed E-state index contributed by atoms with van der Waals surface area (Å²) in [4.78, 5) is 75.3. The van der Waals surface area contributed by atoms with Crippen LogP contribution in [0.4, 0.5) is 15.9 Å². The molecule has 74 heavy (non-hydrogen) atoms. The van der Waals surface area contributed by atoms with Crippen LogP contribution >= 0.6 is 34.7 Å². The molecule has 6 N–H and O–H groups in total. The third kappa shape index (κ3) is 13.9. The highest BCUT2D eigenvalue weighted by Gasteiger charge is 2.53. The smallest absolute Gasteiger partial charge is 0.258 e. The topological polar surface area (TPSA) is 208 Å². The number of hydrogen-bond acceptors (Lipinski definition) is 14. The highest BCUT2D eigenvalue weighted by Crippen LogP contribution is 2.41. The number of piperidine rings is 2. The standard InChI is InChI=1S/C54H72ClFN10O6S2/c1-34-47(73-33-61-34)36-11-12-37(28-60-49(69)40-27-38(67)31-66(40)50(70)48(52(2,3)4)63-51(71)54(56)16-17-54)41(26-36)72-25-7-20-64-21-14-35(15-22-64)10-13-44(68)62-39-8-6-9-42(46(39)55)74-45-30-58-43(29-59-45)65-23-18-53(5,32-57)19-24-65/h6,8-9,11-12,26,29-30,33,35,38,40,48,67H,7,10,13-25,27-28,31-32,57H2,1-5H3,(H,60,69)(H,62,68)(H,63,71)/t38?,40?,48-/m1/s1. The first-order valence-corrected chi connectivity index (χ1v) is 28.1. The molecule has 16 nitrogen and oxygen atoms in total. The molecule has 4 fully saturated rings. The quantitative estimate of drug-likeness (QED) is 0.0537. The van der Waals surface area contributed by atoms with Crippen LogP contribution in [0.3, 0.4) is 0 Å². The predicted molar refractivity (Wildman–Crippen MR) is 288 cm³/mol. The lowest BCUT2D eigenvalue weighted by atomic mass is 9.80. The van der Waals surface area contributed by atoms with Crippen molar-refractivity contribution in [2.75, 3.05) is 62.6 Å². The molecule has 2 aromatic heterocycles. The number of rotatable bonds is 20. The average Bonchev–Trinajstić information content (AvgIpc) is 3.79. The number of ether oxygens (including phenoxy) is 1. The van der Waals surface area contributed by atoms with E-state index >= 15 is 0 Å². The van der Waals surface area contributed by atoms with Gasteiger partial charge >= 0.3 is 0 Å². The monoisotopic (exact) mass is 1070 g/mol. The number of carbonyl (C=O) groups is 4. The first kappa shape index (κ1) is 55.3. The lowest BCUT2D eigenvalue weighted by molar-refractivity contribution is -0.145. The Morgan fingerprint density at radius 2 is 1.80 bits per heavy atom. The molecule has 4 amide bonds. The number of nitrogens with two attached hydrogens (primary N) is 1. The van der Waals surface area contributed by atoms with Crippen LogP contribution in [0.15, 0.2) is 64.2 Å². The van der Waals surface area contributed by atoms with Gasteiger partial charge in [0.05, 0.1) is 51.9 Å². The zero-order chi connectivity index (χ0) is 52.8. The molecule has 3 atom stereocenters. The largest absolute Gasteiger partial charge is 0.493 e. The van der Waals surface area contributed by atoms with E-state index in [9.17, 15) is 28.7 Å². The van der Waals surface area contributed by atoms with Crippen LogP contribution in [0.2, 0.25) is 5.02 Å². The fourth-order valence-electron chi connectivity index (χ4n) is 9.89. The highest BCUT2D eigenvalue weighted by molar-refractivity contribution is 7.99. The second-order valence-corrected chi connectivity index (χ2v) is 24.2. The summed E-state index contributed by atoms with van der Waals surface area (Å²) in [5, 5.41) is 20.5. The molecule has 1 saturated carbocycles. The van der Waals surface area contributed by atoms with Gasteiger partial charge in [-0.25, -0.2) is 19.3 Å². The van der Waals surface area contributed by atoms with Crippen LogP contribution in [-0.2, 0) is 25.7 Å². The molecule has 400 valence electrons. The van der Waals surface area contributed by atoms with E-state index in [0.29, 0.717) is 41.9 Å². The molecule has 1 aliphatic carbocycles. The second-order valence-electron chi connectivity index (χ2n) is 21.9. The summed E-state index contributed by atoms with van der Waals surface area (Å²) < 4.78 is 21.1. The molecular weight excluding hydrogens is 1000 g/mol. The molecule has 3 aliphatic heterocycles. The summed E-state index contributed by atoms with van der Waals surface area (Å²) in [5.74, 6) is 0.0452. The Bertz CT molecular complexity index is 2620. The number of carbonyl (C=O) groups excluding carboxylic acids is 4. The van der Waals surface area contributed by atoms with Crippen molar-refractivity contribution in [3.63, 3.8) is 0 Å². The molecule has 0 spiro atoms. The molecule has 5 heterocycles. The van der Waals surface area contributed by atoms with Gasteiger partial charge in [-0.05, 0) is 118 Å². The van der Waals surface area contributed by atoms with E-state index < -0.39 is 47.0 Å². The van der Waals surface area contributed by atoms with Crippen molar-refractivity contribution in [3.8, 4) is 16.2 Å². The van der Waals surface area contributed by atoms with E-state index in [-0.39, 0.29) is 43.7 Å². The number of nitrogens with one attached hydrogen (secondary N) is 3. The fraction of sp³-hybridized carbons (Fsp3) is 0.574. The van der Waals surface area contributed by atoms with Crippen molar-refractivity contribution in [2.24, 2.45) is 22.5 Å². The fourth-order valence-corrected chi connectivity index (χ4v) is 11.8. The molecule has 3 saturated heterocycles. The predicted octanol–water partition coefficient (Wildman–Crippen LogP) is 7.79. The Labute approximate surface area is 447 Å². The van der Waals surface area contributed by atoms with Gasteiger partial charge in [0.1, 0.15) is 28.7 Å². The van der Waals surface area contributed by atoms with Gasteiger partial charge in [-0.1, -0.05) is 69.3 Å². The Hall–Kier alpha value is -4.92. The van der Waals surface area contributed by atoms with Crippen LogP contribution in [0, 0.1) is 23.7 Å². The summed E-state index contributed by atoms with van der Waals surface area (Å²) in [6.45, 7) is 15.2. The molecular formula is C54H72ClFN10O6S2. The van der Waals surface area contributed by atoms with Gasteiger partial charge < -0.3 is 46.2 Å². The van der Waals surface area contributed by atoms with Crippen LogP contribution in [0.5, 0.6) is 5.75 Å². The van der Waals surface area contributed by atoms with Crippen molar-refractivity contribution in [2.45, 2.75) is 139 Å². The van der Waals surface area contributed by atoms with Gasteiger partial charge in [0, 0.05) is 56.0 Å². The summed E-state index contributed by atoms with van der Waals surface area (Å²) >= 11 is 9.78. The van der Waals surface area contributed by atoms with E-state index in [4.69, 9.17) is 22.1 Å². The Morgan fingerprint density at radius 1 is 1.04 bits per heavy atom. The number of amides is 4. The highest BCUT2D eigenvalue weighted by atomic mass is 35.5. The summed E-state index contributed by atoms with van der Waals surface area (Å²) in [6, 6.07) is 9.41. The van der Waals surface area contributed by atoms with E-state index in [1.165, 1.54) is 28.0 Å². The maximum atomic E-state index is 14.7. The Kier molecular flexibility index (Phi) is 17.9. The minimum Gasteiger partial charge on any atom is -0.493 e. The van der Waals surface area contributed by atoms with E-state index in [1.807, 2.05) is 49.5 Å². The van der Waals surface area contributed by atoms with Crippen LogP contribution in [0.1, 0.15) is 103 Å². The van der Waals surface area contributed by atoms with Gasteiger partial charge in [-0.3, -0.25) is 19.2 Å². The van der Waals surface area contributed by atoms with E-state index in [0.717, 1.165) is 109 Å². The molecule has 2 unspecified atom stereocenters. The normalized spacial score (nSPS) is 20.2. The van der Waals surface area contributed by atoms with E-state index in [1.54, 1.807) is 32.5 Å². The Morgan fingerprint density at radius 3 is 2.46 bits per heavy atom. The third-order valence-corrected chi connectivity index (χ3v) is 17.6. The number of anilines is 2. The van der Waals surface area contributed by atoms with Crippen molar-refractivity contribution in [3.05, 3.63) is 70.6 Å². The van der Waals surface area contributed by atoms with Crippen molar-refractivity contribution >= 4 is 69.8 Å². The summed E-state index contributed by atoms with van der Waals surface area (Å²) in [5.41, 5.74) is 8.40. The third-order valence-electron chi connectivity index (χ3n) is 15.1. The molecule has 8 rings (SSSR count). The number of nitrogens with zero attached hydrogens (tertiary/aromatic N) is 6. The number of aliphatic hydroxyl groups excluding tert-OH is 1. The lowest BCUT2D eigenvalue weighted by Gasteiger charge is -2.39. The zero-order valence-electron chi connectivity index (χ0n) is 43.3. The first-order valence-electron chi connectivity index (χ1n) is 26.0. The number of likely N-dealkylation sites (tertiary alicyclic amines) is 2. The zero-order valence-corrected chi connectivity index (χ0v) is 45.7. The van der Waals surface area contributed by atoms with Crippen molar-refractivity contribution in [1.29, 1.82) is 0 Å². The average molecular weight is 1080 g/mol. The summed E-state index contributed by atoms with van der Waals surface area (Å²) in [6.07, 6.45) is 8.90.